The molecule has 1 N–H and O–H groups in total. The molecule has 0 unspecified atom stereocenters. The topological polar surface area (TPSA) is 75.7 Å². The molecule has 2 amide bonds. The first-order valence-electron chi connectivity index (χ1n) is 8.21. The van der Waals surface area contributed by atoms with E-state index in [1.54, 1.807) is 17.0 Å². The van der Waals surface area contributed by atoms with E-state index in [0.717, 1.165) is 5.56 Å². The van der Waals surface area contributed by atoms with Gasteiger partial charge in [0.15, 0.2) is 5.78 Å². The van der Waals surface area contributed by atoms with Crippen molar-refractivity contribution in [2.45, 2.75) is 38.6 Å². The van der Waals surface area contributed by atoms with Gasteiger partial charge in [0.25, 0.3) is 0 Å². The molecule has 1 aromatic carbocycles. The van der Waals surface area contributed by atoms with Crippen molar-refractivity contribution in [1.82, 2.24) is 10.2 Å². The Morgan fingerprint density at radius 1 is 1.12 bits per heavy atom. The lowest BCUT2D eigenvalue weighted by atomic mass is 10.0. The molecule has 1 saturated heterocycles. The van der Waals surface area contributed by atoms with E-state index in [2.05, 4.69) is 10.1 Å². The zero-order valence-corrected chi connectivity index (χ0v) is 14.2. The van der Waals surface area contributed by atoms with Crippen molar-refractivity contribution < 1.29 is 19.1 Å². The molecule has 6 heteroatoms. The number of amides is 2. The SMILES string of the molecule is COC(=O)NC1CCN(C(=O)CCC(=O)c2ccc(C)cc2)CC1. The van der Waals surface area contributed by atoms with Crippen molar-refractivity contribution >= 4 is 17.8 Å². The Morgan fingerprint density at radius 3 is 2.33 bits per heavy atom. The molecule has 130 valence electrons. The summed E-state index contributed by atoms with van der Waals surface area (Å²) >= 11 is 0. The van der Waals surface area contributed by atoms with Crippen LogP contribution in [0.3, 0.4) is 0 Å². The van der Waals surface area contributed by atoms with Crippen LogP contribution in [0.15, 0.2) is 24.3 Å². The standard InChI is InChI=1S/C18H24N2O4/c1-13-3-5-14(6-4-13)16(21)7-8-17(22)20-11-9-15(10-12-20)19-18(23)24-2/h3-6,15H,7-12H2,1-2H3,(H,19,23). The molecular weight excluding hydrogens is 308 g/mol. The van der Waals surface area contributed by atoms with Crippen LogP contribution < -0.4 is 5.32 Å². The molecule has 0 bridgehead atoms. The number of ketones is 1. The van der Waals surface area contributed by atoms with Gasteiger partial charge in [0.05, 0.1) is 7.11 Å². The van der Waals surface area contributed by atoms with Crippen LogP contribution in [0.2, 0.25) is 0 Å². The largest absolute Gasteiger partial charge is 0.453 e. The number of alkyl carbamates (subject to hydrolysis) is 1. The number of ether oxygens (including phenoxy) is 1. The van der Waals surface area contributed by atoms with Crippen molar-refractivity contribution in [1.29, 1.82) is 0 Å². The number of aryl methyl sites for hydroxylation is 1. The quantitative estimate of drug-likeness (QED) is 0.840. The summed E-state index contributed by atoms with van der Waals surface area (Å²) < 4.78 is 4.57. The first kappa shape index (κ1) is 18.0. The summed E-state index contributed by atoms with van der Waals surface area (Å²) in [4.78, 5) is 37.3. The lowest BCUT2D eigenvalue weighted by Crippen LogP contribution is -2.46. The third-order valence-corrected chi connectivity index (χ3v) is 4.29. The number of hydrogen-bond donors (Lipinski definition) is 1. The summed E-state index contributed by atoms with van der Waals surface area (Å²) in [5.41, 5.74) is 1.75. The van der Waals surface area contributed by atoms with Gasteiger partial charge in [0.2, 0.25) is 5.91 Å². The van der Waals surface area contributed by atoms with E-state index in [4.69, 9.17) is 0 Å². The summed E-state index contributed by atoms with van der Waals surface area (Å²) in [5, 5.41) is 2.75. The van der Waals surface area contributed by atoms with E-state index in [1.807, 2.05) is 19.1 Å². The number of Topliss-reactive ketones (excluding diaryl/α,β-unsaturated/α-hetero) is 1. The minimum absolute atomic E-state index is 0.00743. The van der Waals surface area contributed by atoms with E-state index in [-0.39, 0.29) is 30.6 Å². The minimum Gasteiger partial charge on any atom is -0.453 e. The third-order valence-electron chi connectivity index (χ3n) is 4.29. The van der Waals surface area contributed by atoms with Gasteiger partial charge >= 0.3 is 6.09 Å². The number of benzene rings is 1. The minimum atomic E-state index is -0.441. The molecular formula is C18H24N2O4. The molecule has 2 rings (SSSR count). The van der Waals surface area contributed by atoms with Crippen molar-refractivity contribution in [3.8, 4) is 0 Å². The molecule has 1 aromatic rings. The van der Waals surface area contributed by atoms with Crippen LogP contribution in [0.4, 0.5) is 4.79 Å². The summed E-state index contributed by atoms with van der Waals surface area (Å²) in [6.07, 6.45) is 1.41. The molecule has 6 nitrogen and oxygen atoms in total. The van der Waals surface area contributed by atoms with Crippen molar-refractivity contribution in [3.05, 3.63) is 35.4 Å². The molecule has 0 aromatic heterocycles. The number of carbonyl (C=O) groups is 3. The van der Waals surface area contributed by atoms with Crippen molar-refractivity contribution in [2.75, 3.05) is 20.2 Å². The Bertz CT molecular complexity index is 590. The van der Waals surface area contributed by atoms with Gasteiger partial charge in [0.1, 0.15) is 0 Å². The maximum absolute atomic E-state index is 12.2. The Hall–Kier alpha value is -2.37. The number of nitrogens with one attached hydrogen (secondary N) is 1. The molecule has 0 radical (unpaired) electrons. The second-order valence-corrected chi connectivity index (χ2v) is 6.08. The highest BCUT2D eigenvalue weighted by atomic mass is 16.5. The van der Waals surface area contributed by atoms with Crippen LogP contribution >= 0.6 is 0 Å². The Balaban J connectivity index is 1.74. The molecule has 0 saturated carbocycles. The monoisotopic (exact) mass is 332 g/mol. The van der Waals surface area contributed by atoms with Crippen LogP contribution in [-0.2, 0) is 9.53 Å². The van der Waals surface area contributed by atoms with Gasteiger partial charge in [-0.15, -0.1) is 0 Å². The Kier molecular flexibility index (Phi) is 6.35. The predicted octanol–water partition coefficient (Wildman–Crippen LogP) is 2.30. The average molecular weight is 332 g/mol. The van der Waals surface area contributed by atoms with Crippen LogP contribution in [0, 0.1) is 6.92 Å². The van der Waals surface area contributed by atoms with Gasteiger partial charge in [-0.25, -0.2) is 4.79 Å². The van der Waals surface area contributed by atoms with Crippen molar-refractivity contribution in [2.24, 2.45) is 0 Å². The van der Waals surface area contributed by atoms with Crippen LogP contribution in [0.5, 0.6) is 0 Å². The van der Waals surface area contributed by atoms with Gasteiger partial charge in [-0.2, -0.15) is 0 Å². The van der Waals surface area contributed by atoms with Gasteiger partial charge in [-0.1, -0.05) is 29.8 Å². The van der Waals surface area contributed by atoms with E-state index in [0.29, 0.717) is 31.5 Å². The average Bonchev–Trinajstić information content (AvgIpc) is 2.60. The molecule has 1 heterocycles. The smallest absolute Gasteiger partial charge is 0.407 e. The number of methoxy groups -OCH3 is 1. The molecule has 1 fully saturated rings. The number of likely N-dealkylation sites (tertiary alicyclic amines) is 1. The second-order valence-electron chi connectivity index (χ2n) is 6.08. The predicted molar refractivity (Wildman–Crippen MR) is 89.9 cm³/mol. The number of rotatable bonds is 5. The van der Waals surface area contributed by atoms with Gasteiger partial charge in [0, 0.05) is 37.5 Å². The molecule has 24 heavy (non-hydrogen) atoms. The van der Waals surface area contributed by atoms with Gasteiger partial charge < -0.3 is 15.0 Å². The summed E-state index contributed by atoms with van der Waals surface area (Å²) in [5.74, 6) is -0.0161. The summed E-state index contributed by atoms with van der Waals surface area (Å²) in [6, 6.07) is 7.43. The van der Waals surface area contributed by atoms with Crippen molar-refractivity contribution in [3.63, 3.8) is 0 Å². The maximum atomic E-state index is 12.2. The second kappa shape index (κ2) is 8.47. The molecule has 0 aliphatic carbocycles. The lowest BCUT2D eigenvalue weighted by Gasteiger charge is -2.32. The first-order chi connectivity index (χ1) is 11.5. The van der Waals surface area contributed by atoms with E-state index < -0.39 is 6.09 Å². The fourth-order valence-electron chi connectivity index (χ4n) is 2.76. The molecule has 1 aliphatic rings. The van der Waals surface area contributed by atoms with Crippen LogP contribution in [0.25, 0.3) is 0 Å². The summed E-state index contributed by atoms with van der Waals surface area (Å²) in [6.45, 7) is 3.15. The zero-order valence-electron chi connectivity index (χ0n) is 14.2. The molecule has 0 spiro atoms. The number of hydrogen-bond acceptors (Lipinski definition) is 4. The first-order valence-corrected chi connectivity index (χ1v) is 8.21. The molecule has 0 atom stereocenters. The number of piperidine rings is 1. The fourth-order valence-corrected chi connectivity index (χ4v) is 2.76. The van der Waals surface area contributed by atoms with E-state index >= 15 is 0 Å². The van der Waals surface area contributed by atoms with Gasteiger partial charge in [-0.05, 0) is 19.8 Å². The summed E-state index contributed by atoms with van der Waals surface area (Å²) in [7, 11) is 1.33. The normalized spacial score (nSPS) is 15.0. The fraction of sp³-hybridized carbons (Fsp3) is 0.500. The lowest BCUT2D eigenvalue weighted by molar-refractivity contribution is -0.132. The van der Waals surface area contributed by atoms with Crippen LogP contribution in [-0.4, -0.2) is 48.9 Å². The number of nitrogens with zero attached hydrogens (tertiary/aromatic N) is 1. The van der Waals surface area contributed by atoms with Gasteiger partial charge in [-0.3, -0.25) is 9.59 Å². The van der Waals surface area contributed by atoms with Crippen LogP contribution in [0.1, 0.15) is 41.6 Å². The maximum Gasteiger partial charge on any atom is 0.407 e. The Morgan fingerprint density at radius 2 is 1.75 bits per heavy atom. The Labute approximate surface area is 142 Å². The zero-order chi connectivity index (χ0) is 17.5. The molecule has 1 aliphatic heterocycles. The number of carbonyl (C=O) groups excluding carboxylic acids is 3. The van der Waals surface area contributed by atoms with E-state index in [1.165, 1.54) is 7.11 Å². The van der Waals surface area contributed by atoms with E-state index in [9.17, 15) is 14.4 Å². The highest BCUT2D eigenvalue weighted by molar-refractivity contribution is 5.98. The highest BCUT2D eigenvalue weighted by Gasteiger charge is 2.24. The highest BCUT2D eigenvalue weighted by Crippen LogP contribution is 2.14. The third kappa shape index (κ3) is 5.08.